The van der Waals surface area contributed by atoms with Gasteiger partial charge in [-0.2, -0.15) is 5.10 Å². The Hall–Kier alpha value is -2.77. The molecule has 0 spiro atoms. The summed E-state index contributed by atoms with van der Waals surface area (Å²) in [5.41, 5.74) is 4.16. The van der Waals surface area contributed by atoms with Gasteiger partial charge >= 0.3 is 0 Å². The maximum absolute atomic E-state index is 12.0. The Bertz CT molecular complexity index is 1200. The number of hydrogen-bond donors (Lipinski definition) is 2. The van der Waals surface area contributed by atoms with Crippen LogP contribution in [0.2, 0.25) is 20.1 Å². The van der Waals surface area contributed by atoms with Crippen LogP contribution in [0.5, 0.6) is 5.75 Å². The van der Waals surface area contributed by atoms with Gasteiger partial charge in [-0.15, -0.1) is 0 Å². The van der Waals surface area contributed by atoms with E-state index in [0.29, 0.717) is 37.1 Å². The first-order valence-electron chi connectivity index (χ1n) is 9.54. The average molecular weight is 525 g/mol. The summed E-state index contributed by atoms with van der Waals surface area (Å²) in [5, 5.41) is 8.19. The van der Waals surface area contributed by atoms with Crippen LogP contribution in [-0.2, 0) is 16.2 Å². The van der Waals surface area contributed by atoms with E-state index in [1.54, 1.807) is 42.5 Å². The first kappa shape index (κ1) is 24.9. The number of benzene rings is 3. The first-order chi connectivity index (χ1) is 15.8. The summed E-state index contributed by atoms with van der Waals surface area (Å²) in [7, 11) is 0. The molecule has 3 rings (SSSR count). The molecule has 33 heavy (non-hydrogen) atoms. The number of rotatable bonds is 8. The molecule has 170 valence electrons. The number of carbonyl (C=O) groups excluding carboxylic acids is 2. The number of halogens is 4. The summed E-state index contributed by atoms with van der Waals surface area (Å²) >= 11 is 23.8. The van der Waals surface area contributed by atoms with E-state index in [-0.39, 0.29) is 6.61 Å². The molecule has 0 radical (unpaired) electrons. The Morgan fingerprint density at radius 2 is 1.67 bits per heavy atom. The van der Waals surface area contributed by atoms with Crippen molar-refractivity contribution in [2.75, 3.05) is 5.32 Å². The van der Waals surface area contributed by atoms with Crippen LogP contribution in [0.15, 0.2) is 65.8 Å². The zero-order chi connectivity index (χ0) is 23.8. The highest BCUT2D eigenvalue weighted by Crippen LogP contribution is 2.25. The van der Waals surface area contributed by atoms with Crippen molar-refractivity contribution in [1.29, 1.82) is 0 Å². The number of hydrogen-bond acceptors (Lipinski definition) is 4. The molecule has 0 bridgehead atoms. The summed E-state index contributed by atoms with van der Waals surface area (Å²) < 4.78 is 5.83. The van der Waals surface area contributed by atoms with Crippen LogP contribution < -0.4 is 15.5 Å². The highest BCUT2D eigenvalue weighted by Gasteiger charge is 2.10. The minimum absolute atomic E-state index is 0.282. The lowest BCUT2D eigenvalue weighted by molar-refractivity contribution is -0.126. The second-order valence-electron chi connectivity index (χ2n) is 6.75. The average Bonchev–Trinajstić information content (AvgIpc) is 2.76. The van der Waals surface area contributed by atoms with Crippen LogP contribution in [0.25, 0.3) is 0 Å². The van der Waals surface area contributed by atoms with Crippen LogP contribution in [-0.4, -0.2) is 18.0 Å². The number of nitrogens with one attached hydrogen (secondary N) is 2. The maximum atomic E-state index is 12.0. The van der Waals surface area contributed by atoms with E-state index in [2.05, 4.69) is 15.8 Å². The van der Waals surface area contributed by atoms with Crippen molar-refractivity contribution in [3.8, 4) is 5.75 Å². The lowest BCUT2D eigenvalue weighted by Crippen LogP contribution is -2.24. The third-order valence-electron chi connectivity index (χ3n) is 4.17. The van der Waals surface area contributed by atoms with Crippen LogP contribution in [0.4, 0.5) is 5.69 Å². The molecule has 0 unspecified atom stereocenters. The summed E-state index contributed by atoms with van der Waals surface area (Å²) in [5.74, 6) is -0.628. The molecule has 0 saturated heterocycles. The monoisotopic (exact) mass is 523 g/mol. The largest absolute Gasteiger partial charge is 0.488 e. The molecule has 3 aromatic rings. The van der Waals surface area contributed by atoms with Crippen molar-refractivity contribution < 1.29 is 14.3 Å². The van der Waals surface area contributed by atoms with Crippen LogP contribution in [0.1, 0.15) is 17.5 Å². The lowest BCUT2D eigenvalue weighted by atomic mass is 10.2. The van der Waals surface area contributed by atoms with Crippen molar-refractivity contribution in [3.63, 3.8) is 0 Å². The molecule has 0 heterocycles. The molecule has 0 aliphatic heterocycles. The highest BCUT2D eigenvalue weighted by atomic mass is 35.5. The quantitative estimate of drug-likeness (QED) is 0.204. The van der Waals surface area contributed by atoms with Gasteiger partial charge in [-0.05, 0) is 54.1 Å². The maximum Gasteiger partial charge on any atom is 0.249 e. The van der Waals surface area contributed by atoms with Crippen molar-refractivity contribution in [3.05, 3.63) is 91.9 Å². The minimum Gasteiger partial charge on any atom is -0.488 e. The topological polar surface area (TPSA) is 79.8 Å². The zero-order valence-electron chi connectivity index (χ0n) is 16.9. The van der Waals surface area contributed by atoms with Crippen molar-refractivity contribution in [2.24, 2.45) is 5.10 Å². The van der Waals surface area contributed by atoms with Gasteiger partial charge in [0, 0.05) is 21.3 Å². The van der Waals surface area contributed by atoms with E-state index in [4.69, 9.17) is 51.1 Å². The third kappa shape index (κ3) is 7.94. The molecule has 2 amide bonds. The van der Waals surface area contributed by atoms with Gasteiger partial charge in [-0.1, -0.05) is 58.5 Å². The first-order valence-corrected chi connectivity index (χ1v) is 11.0. The van der Waals surface area contributed by atoms with E-state index in [1.165, 1.54) is 12.3 Å². The Morgan fingerprint density at radius 1 is 0.879 bits per heavy atom. The molecule has 0 fully saturated rings. The Morgan fingerprint density at radius 3 is 2.42 bits per heavy atom. The van der Waals surface area contributed by atoms with E-state index in [0.717, 1.165) is 5.56 Å². The summed E-state index contributed by atoms with van der Waals surface area (Å²) in [6.45, 7) is 0.282. The van der Waals surface area contributed by atoms with E-state index in [9.17, 15) is 9.59 Å². The van der Waals surface area contributed by atoms with Gasteiger partial charge in [0.2, 0.25) is 11.8 Å². The summed E-state index contributed by atoms with van der Waals surface area (Å²) in [6.07, 6.45) is 0.944. The highest BCUT2D eigenvalue weighted by molar-refractivity contribution is 6.42. The van der Waals surface area contributed by atoms with Crippen LogP contribution >= 0.6 is 46.4 Å². The molecule has 0 saturated carbocycles. The SMILES string of the molecule is O=C(CC(=O)Nc1ccc(Cl)c(Cl)c1)NN=Cc1cc(Cl)ccc1OCc1cccc(Cl)c1. The Kier molecular flexibility index (Phi) is 8.97. The molecule has 0 aliphatic carbocycles. The van der Waals surface area contributed by atoms with Crippen molar-refractivity contribution in [1.82, 2.24) is 5.43 Å². The second-order valence-corrected chi connectivity index (χ2v) is 8.44. The normalized spacial score (nSPS) is 10.8. The van der Waals surface area contributed by atoms with Gasteiger partial charge in [0.15, 0.2) is 0 Å². The number of carbonyl (C=O) groups is 2. The number of amides is 2. The second kappa shape index (κ2) is 11.9. The van der Waals surface area contributed by atoms with Gasteiger partial charge in [0.05, 0.1) is 16.3 Å². The zero-order valence-corrected chi connectivity index (χ0v) is 20.0. The van der Waals surface area contributed by atoms with E-state index >= 15 is 0 Å². The predicted octanol–water partition coefficient (Wildman–Crippen LogP) is 6.36. The summed E-state index contributed by atoms with van der Waals surface area (Å²) in [6, 6.07) is 16.9. The molecule has 10 heteroatoms. The molecule has 6 nitrogen and oxygen atoms in total. The molecule has 0 aromatic heterocycles. The fourth-order valence-electron chi connectivity index (χ4n) is 2.68. The minimum atomic E-state index is -0.604. The molecule has 0 atom stereocenters. The summed E-state index contributed by atoms with van der Waals surface area (Å²) in [4.78, 5) is 24.1. The molecule has 2 N–H and O–H groups in total. The molecule has 3 aromatic carbocycles. The Labute approximate surface area is 210 Å². The van der Waals surface area contributed by atoms with E-state index < -0.39 is 18.2 Å². The predicted molar refractivity (Wildman–Crippen MR) is 133 cm³/mol. The molecular weight excluding hydrogens is 508 g/mol. The van der Waals surface area contributed by atoms with Crippen LogP contribution in [0.3, 0.4) is 0 Å². The van der Waals surface area contributed by atoms with Gasteiger partial charge in [0.1, 0.15) is 18.8 Å². The van der Waals surface area contributed by atoms with Gasteiger partial charge < -0.3 is 10.1 Å². The number of nitrogens with zero attached hydrogens (tertiary/aromatic N) is 1. The molecule has 0 aliphatic rings. The van der Waals surface area contributed by atoms with Crippen molar-refractivity contribution in [2.45, 2.75) is 13.0 Å². The van der Waals surface area contributed by atoms with Gasteiger partial charge in [0.25, 0.3) is 0 Å². The smallest absolute Gasteiger partial charge is 0.249 e. The van der Waals surface area contributed by atoms with Gasteiger partial charge in [-0.3, -0.25) is 9.59 Å². The fourth-order valence-corrected chi connectivity index (χ4v) is 3.37. The third-order valence-corrected chi connectivity index (χ3v) is 5.38. The van der Waals surface area contributed by atoms with Crippen molar-refractivity contribution >= 4 is 70.1 Å². The fraction of sp³-hybridized carbons (Fsp3) is 0.0870. The van der Waals surface area contributed by atoms with E-state index in [1.807, 2.05) is 12.1 Å². The standard InChI is InChI=1S/C23H17Cl4N3O3/c24-16-3-1-2-14(8-16)13-33-21-7-4-17(25)9-15(21)12-28-30-23(32)11-22(31)29-18-5-6-19(26)20(27)10-18/h1-10,12H,11,13H2,(H,29,31)(H,30,32). The number of hydrazone groups is 1. The molecular formula is C23H17Cl4N3O3. The number of anilines is 1. The Balaban J connectivity index is 1.56. The van der Waals surface area contributed by atoms with Gasteiger partial charge in [-0.25, -0.2) is 5.43 Å². The number of ether oxygens (including phenoxy) is 1. The lowest BCUT2D eigenvalue weighted by Gasteiger charge is -2.10. The van der Waals surface area contributed by atoms with Crippen LogP contribution in [0, 0.1) is 0 Å².